The van der Waals surface area contributed by atoms with Crippen LogP contribution in [0.15, 0.2) is 36.5 Å². The Hall–Kier alpha value is -2.45. The molecule has 0 bridgehead atoms. The first-order valence-electron chi connectivity index (χ1n) is 5.69. The van der Waals surface area contributed by atoms with E-state index in [2.05, 4.69) is 4.98 Å². The first-order chi connectivity index (χ1) is 9.10. The van der Waals surface area contributed by atoms with E-state index in [0.29, 0.717) is 5.88 Å². The lowest BCUT2D eigenvalue weighted by Gasteiger charge is -2.08. The summed E-state index contributed by atoms with van der Waals surface area (Å²) < 4.78 is 18.9. The van der Waals surface area contributed by atoms with Gasteiger partial charge in [0.2, 0.25) is 5.88 Å². The Morgan fingerprint density at radius 2 is 2.16 bits per heavy atom. The molecule has 0 aliphatic heterocycles. The van der Waals surface area contributed by atoms with Crippen molar-refractivity contribution in [3.8, 4) is 17.7 Å². The second kappa shape index (κ2) is 5.46. The maximum atomic E-state index is 13.4. The highest BCUT2D eigenvalue weighted by Gasteiger charge is 2.06. The van der Waals surface area contributed by atoms with Gasteiger partial charge in [-0.2, -0.15) is 5.26 Å². The molecule has 96 valence electrons. The molecule has 0 fully saturated rings. The molecule has 2 aromatic rings. The standard InChI is InChI=1S/C14H12FN3O/c1-9(17)10-4-5-18-14(6-10)19-12-3-2-11(8-16)13(15)7-12/h2-7,9H,17H2,1H3. The van der Waals surface area contributed by atoms with Crippen molar-refractivity contribution in [2.24, 2.45) is 5.73 Å². The lowest BCUT2D eigenvalue weighted by Crippen LogP contribution is -2.05. The van der Waals surface area contributed by atoms with E-state index in [1.54, 1.807) is 24.4 Å². The minimum atomic E-state index is -0.622. The number of nitrogens with zero attached hydrogens (tertiary/aromatic N) is 2. The van der Waals surface area contributed by atoms with Gasteiger partial charge in [-0.25, -0.2) is 9.37 Å². The molecule has 2 rings (SSSR count). The van der Waals surface area contributed by atoms with Crippen molar-refractivity contribution in [1.29, 1.82) is 5.26 Å². The van der Waals surface area contributed by atoms with Crippen LogP contribution in [0.4, 0.5) is 4.39 Å². The minimum absolute atomic E-state index is 0.0235. The Kier molecular flexibility index (Phi) is 3.74. The fourth-order valence-corrected chi connectivity index (χ4v) is 1.53. The molecule has 0 saturated carbocycles. The molecule has 0 saturated heterocycles. The van der Waals surface area contributed by atoms with Crippen LogP contribution >= 0.6 is 0 Å². The Morgan fingerprint density at radius 1 is 1.37 bits per heavy atom. The highest BCUT2D eigenvalue weighted by molar-refractivity contribution is 5.38. The van der Waals surface area contributed by atoms with Crippen molar-refractivity contribution in [1.82, 2.24) is 4.98 Å². The van der Waals surface area contributed by atoms with Crippen LogP contribution in [0.3, 0.4) is 0 Å². The monoisotopic (exact) mass is 257 g/mol. The van der Waals surface area contributed by atoms with Gasteiger partial charge in [-0.1, -0.05) is 0 Å². The normalized spacial score (nSPS) is 11.7. The fraction of sp³-hybridized carbons (Fsp3) is 0.143. The predicted octanol–water partition coefficient (Wildman–Crippen LogP) is 2.90. The Bertz CT molecular complexity index is 635. The maximum absolute atomic E-state index is 13.4. The van der Waals surface area contributed by atoms with Gasteiger partial charge in [0.15, 0.2) is 0 Å². The van der Waals surface area contributed by atoms with Crippen molar-refractivity contribution < 1.29 is 9.13 Å². The zero-order chi connectivity index (χ0) is 13.8. The number of pyridine rings is 1. The van der Waals surface area contributed by atoms with Gasteiger partial charge in [0.25, 0.3) is 0 Å². The summed E-state index contributed by atoms with van der Waals surface area (Å²) in [6, 6.07) is 9.12. The molecule has 1 aromatic carbocycles. The SMILES string of the molecule is CC(N)c1ccnc(Oc2ccc(C#N)c(F)c2)c1. The van der Waals surface area contributed by atoms with E-state index in [1.807, 2.05) is 6.92 Å². The van der Waals surface area contributed by atoms with E-state index in [-0.39, 0.29) is 17.4 Å². The molecule has 4 nitrogen and oxygen atoms in total. The number of nitriles is 1. The number of ether oxygens (including phenoxy) is 1. The van der Waals surface area contributed by atoms with Crippen molar-refractivity contribution in [2.75, 3.05) is 0 Å². The van der Waals surface area contributed by atoms with Crippen LogP contribution in [0.25, 0.3) is 0 Å². The van der Waals surface area contributed by atoms with Crippen LogP contribution in [0, 0.1) is 17.1 Å². The quantitative estimate of drug-likeness (QED) is 0.917. The summed E-state index contributed by atoms with van der Waals surface area (Å²) in [6.45, 7) is 1.85. The van der Waals surface area contributed by atoms with E-state index >= 15 is 0 Å². The molecular formula is C14H12FN3O. The van der Waals surface area contributed by atoms with Crippen LogP contribution in [-0.4, -0.2) is 4.98 Å². The third-order valence-electron chi connectivity index (χ3n) is 2.57. The number of hydrogen-bond acceptors (Lipinski definition) is 4. The largest absolute Gasteiger partial charge is 0.439 e. The zero-order valence-corrected chi connectivity index (χ0v) is 10.3. The molecule has 0 aliphatic carbocycles. The average molecular weight is 257 g/mol. The summed E-state index contributed by atoms with van der Waals surface area (Å²) in [5, 5.41) is 8.64. The van der Waals surface area contributed by atoms with Crippen molar-refractivity contribution in [3.63, 3.8) is 0 Å². The molecular weight excluding hydrogens is 245 g/mol. The van der Waals surface area contributed by atoms with Crippen LogP contribution in [0.1, 0.15) is 24.1 Å². The number of halogens is 1. The summed E-state index contributed by atoms with van der Waals surface area (Å²) in [5.74, 6) is -0.00641. The van der Waals surface area contributed by atoms with Gasteiger partial charge in [0, 0.05) is 24.4 Å². The van der Waals surface area contributed by atoms with Crippen LogP contribution in [0.2, 0.25) is 0 Å². The molecule has 1 unspecified atom stereocenters. The maximum Gasteiger partial charge on any atom is 0.219 e. The third kappa shape index (κ3) is 3.06. The van der Waals surface area contributed by atoms with Crippen molar-refractivity contribution in [2.45, 2.75) is 13.0 Å². The number of benzene rings is 1. The molecule has 2 N–H and O–H groups in total. The van der Waals surface area contributed by atoms with Crippen molar-refractivity contribution in [3.05, 3.63) is 53.5 Å². The highest BCUT2D eigenvalue weighted by atomic mass is 19.1. The minimum Gasteiger partial charge on any atom is -0.439 e. The molecule has 1 atom stereocenters. The van der Waals surface area contributed by atoms with Gasteiger partial charge < -0.3 is 10.5 Å². The van der Waals surface area contributed by atoms with E-state index in [4.69, 9.17) is 15.7 Å². The second-order valence-electron chi connectivity index (χ2n) is 4.07. The molecule has 1 aromatic heterocycles. The Balaban J connectivity index is 2.24. The van der Waals surface area contributed by atoms with Crippen LogP contribution in [-0.2, 0) is 0 Å². The Labute approximate surface area is 110 Å². The molecule has 1 heterocycles. The molecule has 0 spiro atoms. The lowest BCUT2D eigenvalue weighted by atomic mass is 10.1. The average Bonchev–Trinajstić information content (AvgIpc) is 2.39. The summed E-state index contributed by atoms with van der Waals surface area (Å²) in [5.41, 5.74) is 6.61. The van der Waals surface area contributed by atoms with E-state index < -0.39 is 5.82 Å². The first-order valence-corrected chi connectivity index (χ1v) is 5.69. The van der Waals surface area contributed by atoms with Gasteiger partial charge in [0.05, 0.1) is 5.56 Å². The van der Waals surface area contributed by atoms with E-state index in [9.17, 15) is 4.39 Å². The molecule has 0 radical (unpaired) electrons. The second-order valence-corrected chi connectivity index (χ2v) is 4.07. The summed E-state index contributed by atoms with van der Waals surface area (Å²) in [6.07, 6.45) is 1.58. The van der Waals surface area contributed by atoms with Gasteiger partial charge in [-0.05, 0) is 30.7 Å². The summed E-state index contributed by atoms with van der Waals surface area (Å²) in [7, 11) is 0. The number of hydrogen-bond donors (Lipinski definition) is 1. The Morgan fingerprint density at radius 3 is 2.79 bits per heavy atom. The number of aromatic nitrogens is 1. The third-order valence-corrected chi connectivity index (χ3v) is 2.57. The van der Waals surface area contributed by atoms with Gasteiger partial charge >= 0.3 is 0 Å². The van der Waals surface area contributed by atoms with Crippen LogP contribution < -0.4 is 10.5 Å². The van der Waals surface area contributed by atoms with Crippen LogP contribution in [0.5, 0.6) is 11.6 Å². The van der Waals surface area contributed by atoms with Gasteiger partial charge in [-0.15, -0.1) is 0 Å². The smallest absolute Gasteiger partial charge is 0.219 e. The fourth-order valence-electron chi connectivity index (χ4n) is 1.53. The first kappa shape index (κ1) is 13.0. The van der Waals surface area contributed by atoms with E-state index in [1.165, 1.54) is 12.1 Å². The van der Waals surface area contributed by atoms with E-state index in [0.717, 1.165) is 11.6 Å². The van der Waals surface area contributed by atoms with Crippen molar-refractivity contribution >= 4 is 0 Å². The summed E-state index contributed by atoms with van der Waals surface area (Å²) >= 11 is 0. The number of rotatable bonds is 3. The molecule has 0 amide bonds. The molecule has 5 heteroatoms. The van der Waals surface area contributed by atoms with Gasteiger partial charge in [-0.3, -0.25) is 0 Å². The predicted molar refractivity (Wildman–Crippen MR) is 68.0 cm³/mol. The zero-order valence-electron chi connectivity index (χ0n) is 10.3. The summed E-state index contributed by atoms with van der Waals surface area (Å²) in [4.78, 5) is 4.02. The topological polar surface area (TPSA) is 71.9 Å². The highest BCUT2D eigenvalue weighted by Crippen LogP contribution is 2.23. The molecule has 0 aliphatic rings. The van der Waals surface area contributed by atoms with Gasteiger partial charge in [0.1, 0.15) is 17.6 Å². The molecule has 19 heavy (non-hydrogen) atoms. The number of nitrogens with two attached hydrogens (primary N) is 1. The lowest BCUT2D eigenvalue weighted by molar-refractivity contribution is 0.456.